The van der Waals surface area contributed by atoms with Crippen LogP contribution in [0.5, 0.6) is 5.75 Å². The van der Waals surface area contributed by atoms with Gasteiger partial charge >= 0.3 is 6.03 Å². The summed E-state index contributed by atoms with van der Waals surface area (Å²) in [7, 11) is 10.4. The van der Waals surface area contributed by atoms with Gasteiger partial charge in [-0.1, -0.05) is 13.8 Å². The lowest BCUT2D eigenvalue weighted by molar-refractivity contribution is -0.203. The molecule has 0 bridgehead atoms. The second-order valence-electron chi connectivity index (χ2n) is 14.7. The number of Topliss-reactive ketones (excluding diaryl/α,β-unsaturated/α-hetero) is 4. The maximum atomic E-state index is 14.5. The third-order valence-corrected chi connectivity index (χ3v) is 10.6. The number of nitrogens with two attached hydrogens (primary N) is 1. The van der Waals surface area contributed by atoms with Gasteiger partial charge in [-0.25, -0.2) is 4.79 Å². The third-order valence-electron chi connectivity index (χ3n) is 10.6. The van der Waals surface area contributed by atoms with Crippen LogP contribution in [-0.2, 0) is 32.1 Å². The van der Waals surface area contributed by atoms with Crippen molar-refractivity contribution in [1.29, 1.82) is 0 Å². The number of hydrogen-bond acceptors (Lipinski definition) is 11. The Bertz CT molecular complexity index is 1790. The van der Waals surface area contributed by atoms with Crippen molar-refractivity contribution in [2.45, 2.75) is 44.9 Å². The number of phenolic OH excluding ortho intramolecular Hbond substituents is 1. The van der Waals surface area contributed by atoms with Gasteiger partial charge in [-0.15, -0.1) is 0 Å². The molecular formula is C35H44N6O8. The van der Waals surface area contributed by atoms with Crippen LogP contribution in [0.2, 0.25) is 0 Å². The molecule has 0 spiro atoms. The van der Waals surface area contributed by atoms with Gasteiger partial charge in [0, 0.05) is 62.8 Å². The number of ketones is 4. The lowest BCUT2D eigenvalue weighted by Crippen LogP contribution is -2.79. The van der Waals surface area contributed by atoms with Gasteiger partial charge in [-0.3, -0.25) is 28.9 Å². The van der Waals surface area contributed by atoms with E-state index in [1.54, 1.807) is 58.2 Å². The van der Waals surface area contributed by atoms with Gasteiger partial charge in [0.2, 0.25) is 5.91 Å². The van der Waals surface area contributed by atoms with Gasteiger partial charge < -0.3 is 36.4 Å². The van der Waals surface area contributed by atoms with Gasteiger partial charge in [0.25, 0.3) is 0 Å². The molecule has 3 aliphatic carbocycles. The van der Waals surface area contributed by atoms with Crippen LogP contribution in [-0.4, -0.2) is 104 Å². The van der Waals surface area contributed by atoms with Crippen molar-refractivity contribution in [2.75, 3.05) is 57.4 Å². The number of anilines is 3. The average molecular weight is 677 g/mol. The summed E-state index contributed by atoms with van der Waals surface area (Å²) in [5.41, 5.74) is 2.18. The van der Waals surface area contributed by atoms with Crippen LogP contribution in [0.1, 0.15) is 41.8 Å². The van der Waals surface area contributed by atoms with Crippen molar-refractivity contribution in [2.24, 2.45) is 28.4 Å². The quantitative estimate of drug-likeness (QED) is 0.263. The molecule has 0 saturated heterocycles. The molecule has 49 heavy (non-hydrogen) atoms. The van der Waals surface area contributed by atoms with Crippen molar-refractivity contribution < 1.29 is 39.0 Å². The monoisotopic (exact) mass is 676 g/mol. The van der Waals surface area contributed by atoms with E-state index in [2.05, 4.69) is 10.6 Å². The van der Waals surface area contributed by atoms with E-state index in [1.807, 2.05) is 31.1 Å². The number of aromatic hydroxyl groups is 1. The summed E-state index contributed by atoms with van der Waals surface area (Å²) in [6, 6.07) is 7.01. The van der Waals surface area contributed by atoms with Crippen LogP contribution in [0.4, 0.5) is 21.9 Å². The standard InChI is InChI=1S/C35H44N6O8/c1-33-14-20-21(40(5)6)13-17(15-37-32(48)38-18-9-11-19(12-10-18)39(3)4)25(42)22(20)26(43)24(33)30(46)35(49)29(45)23(31(36)47)27(44)28(41(7)8)34(35,2)16-33/h9-13,23-24,28,42,49H,14-16H2,1-8H3,(H2,36,47)(H2,37,38,48)/t23?,24?,28-,33+,34+,35-/m1/s1. The van der Waals surface area contributed by atoms with Crippen LogP contribution in [0.25, 0.3) is 0 Å². The predicted molar refractivity (Wildman–Crippen MR) is 182 cm³/mol. The number of nitrogens with one attached hydrogen (secondary N) is 2. The number of nitrogens with zero attached hydrogens (tertiary/aromatic N) is 3. The Morgan fingerprint density at radius 2 is 1.57 bits per heavy atom. The third kappa shape index (κ3) is 5.24. The smallest absolute Gasteiger partial charge is 0.319 e. The van der Waals surface area contributed by atoms with E-state index in [1.165, 1.54) is 11.8 Å². The number of likely N-dealkylation sites (N-methyl/N-ethyl adjacent to an activating group) is 1. The Morgan fingerprint density at radius 3 is 2.10 bits per heavy atom. The van der Waals surface area contributed by atoms with Crippen molar-refractivity contribution in [3.8, 4) is 5.75 Å². The number of carbonyl (C=O) groups is 6. The largest absolute Gasteiger partial charge is 0.507 e. The average Bonchev–Trinajstić information content (AvgIpc) is 2.98. The minimum atomic E-state index is -2.89. The number of primary amides is 1. The fourth-order valence-corrected chi connectivity index (χ4v) is 8.55. The minimum Gasteiger partial charge on any atom is -0.507 e. The lowest BCUT2D eigenvalue weighted by Gasteiger charge is -2.61. The van der Waals surface area contributed by atoms with E-state index in [0.29, 0.717) is 16.9 Å². The van der Waals surface area contributed by atoms with Crippen LogP contribution >= 0.6 is 0 Å². The molecule has 2 aromatic carbocycles. The summed E-state index contributed by atoms with van der Waals surface area (Å²) >= 11 is 0. The number of rotatable bonds is 7. The maximum absolute atomic E-state index is 14.5. The number of hydrogen-bond donors (Lipinski definition) is 5. The van der Waals surface area contributed by atoms with E-state index < -0.39 is 75.1 Å². The molecule has 14 nitrogen and oxygen atoms in total. The highest BCUT2D eigenvalue weighted by atomic mass is 16.3. The Hall–Kier alpha value is -4.82. The molecular weight excluding hydrogens is 632 g/mol. The molecule has 2 unspecified atom stereocenters. The van der Waals surface area contributed by atoms with Crippen molar-refractivity contribution in [3.63, 3.8) is 0 Å². The maximum Gasteiger partial charge on any atom is 0.319 e. The van der Waals surface area contributed by atoms with Gasteiger partial charge in [0.05, 0.1) is 17.5 Å². The van der Waals surface area contributed by atoms with E-state index in [0.717, 1.165) is 5.69 Å². The number of aliphatic hydroxyl groups is 1. The molecule has 0 aliphatic heterocycles. The number of carbonyl (C=O) groups excluding carboxylic acids is 6. The van der Waals surface area contributed by atoms with Crippen LogP contribution in [0.15, 0.2) is 30.3 Å². The minimum absolute atomic E-state index is 0.0795. The summed E-state index contributed by atoms with van der Waals surface area (Å²) in [6.07, 6.45) is -0.0351. The Morgan fingerprint density at radius 1 is 0.959 bits per heavy atom. The molecule has 262 valence electrons. The molecule has 5 rings (SSSR count). The SMILES string of the molecule is CN(C)c1ccc(NC(=O)NCc2cc(N(C)C)c3c(c2O)C(=O)C2C(=O)[C@]4(O)C(=O)C(C(N)=O)C(=O)[C@@H](N(C)C)[C@]4(C)C[C@]2(C)C3)cc1. The summed E-state index contributed by atoms with van der Waals surface area (Å²) in [5, 5.41) is 29.1. The molecule has 3 amide bonds. The van der Waals surface area contributed by atoms with E-state index in [4.69, 9.17) is 5.73 Å². The van der Waals surface area contributed by atoms with Crippen LogP contribution < -0.4 is 26.2 Å². The molecule has 0 radical (unpaired) electrons. The highest BCUT2D eigenvalue weighted by Gasteiger charge is 2.76. The number of urea groups is 1. The molecule has 14 heteroatoms. The Labute approximate surface area is 284 Å². The van der Waals surface area contributed by atoms with Crippen LogP contribution in [0.3, 0.4) is 0 Å². The second-order valence-corrected chi connectivity index (χ2v) is 14.7. The van der Waals surface area contributed by atoms with Crippen molar-refractivity contribution >= 4 is 52.1 Å². The predicted octanol–water partition coefficient (Wildman–Crippen LogP) is 1.10. The van der Waals surface area contributed by atoms with Crippen molar-refractivity contribution in [3.05, 3.63) is 47.0 Å². The zero-order chi connectivity index (χ0) is 36.5. The molecule has 3 aliphatic rings. The van der Waals surface area contributed by atoms with Gasteiger partial charge in [0.15, 0.2) is 34.7 Å². The van der Waals surface area contributed by atoms with Gasteiger partial charge in [0.1, 0.15) is 5.75 Å². The normalized spacial score (nSPS) is 29.1. The highest BCUT2D eigenvalue weighted by Crippen LogP contribution is 2.62. The molecule has 2 saturated carbocycles. The molecule has 2 aromatic rings. The lowest BCUT2D eigenvalue weighted by atomic mass is 9.42. The zero-order valence-corrected chi connectivity index (χ0v) is 29.0. The first-order valence-electron chi connectivity index (χ1n) is 15.9. The Kier molecular flexibility index (Phi) is 8.65. The summed E-state index contributed by atoms with van der Waals surface area (Å²) in [4.78, 5) is 86.7. The topological polar surface area (TPSA) is 203 Å². The van der Waals surface area contributed by atoms with Crippen molar-refractivity contribution in [1.82, 2.24) is 10.2 Å². The van der Waals surface area contributed by atoms with E-state index >= 15 is 0 Å². The summed E-state index contributed by atoms with van der Waals surface area (Å²) in [5.74, 6) is -9.50. The first kappa shape index (κ1) is 35.5. The summed E-state index contributed by atoms with van der Waals surface area (Å²) < 4.78 is 0. The van der Waals surface area contributed by atoms with E-state index in [9.17, 15) is 39.0 Å². The molecule has 2 fully saturated rings. The van der Waals surface area contributed by atoms with Gasteiger partial charge in [-0.2, -0.15) is 0 Å². The molecule has 0 heterocycles. The van der Waals surface area contributed by atoms with Crippen LogP contribution in [0, 0.1) is 22.7 Å². The zero-order valence-electron chi connectivity index (χ0n) is 29.0. The number of phenols is 1. The molecule has 0 aromatic heterocycles. The first-order chi connectivity index (χ1) is 22.7. The number of benzene rings is 2. The highest BCUT2D eigenvalue weighted by molar-refractivity contribution is 6.33. The Balaban J connectivity index is 1.54. The first-order valence-corrected chi connectivity index (χ1v) is 15.9. The number of amides is 3. The second kappa shape index (κ2) is 11.9. The fraction of sp³-hybridized carbons (Fsp3) is 0.486. The van der Waals surface area contributed by atoms with Gasteiger partial charge in [-0.05, 0) is 68.2 Å². The molecule has 6 N–H and O–H groups in total. The molecule has 6 atom stereocenters. The fourth-order valence-electron chi connectivity index (χ4n) is 8.55. The summed E-state index contributed by atoms with van der Waals surface area (Å²) in [6.45, 7) is 2.98. The van der Waals surface area contributed by atoms with E-state index in [-0.39, 0.29) is 30.5 Å². The number of fused-ring (bicyclic) bond motifs is 3.